The smallest absolute Gasteiger partial charge is 0.239 e. The summed E-state index contributed by atoms with van der Waals surface area (Å²) in [6, 6.07) is 5.90. The van der Waals surface area contributed by atoms with Gasteiger partial charge in [-0.15, -0.1) is 0 Å². The van der Waals surface area contributed by atoms with Crippen LogP contribution < -0.4 is 5.73 Å². The molecule has 0 heterocycles. The number of aliphatic hydroxyl groups excluding tert-OH is 1. The van der Waals surface area contributed by atoms with Crippen molar-refractivity contribution in [2.75, 3.05) is 33.4 Å². The molecule has 0 aliphatic rings. The lowest BCUT2D eigenvalue weighted by Crippen LogP contribution is -2.47. The number of rotatable bonds is 8. The maximum Gasteiger partial charge on any atom is 0.239 e. The van der Waals surface area contributed by atoms with Gasteiger partial charge in [-0.2, -0.15) is 0 Å². The first-order chi connectivity index (χ1) is 9.58. The molecule has 0 spiro atoms. The molecule has 0 saturated heterocycles. The van der Waals surface area contributed by atoms with Gasteiger partial charge in [0.15, 0.2) is 0 Å². The third-order valence-corrected chi connectivity index (χ3v) is 2.96. The van der Waals surface area contributed by atoms with Gasteiger partial charge in [0.1, 0.15) is 5.75 Å². The molecule has 0 bridgehead atoms. The van der Waals surface area contributed by atoms with E-state index in [1.807, 2.05) is 0 Å². The SMILES string of the molecule is COCCN(CCO)C(=O)C(N)Cc1ccc(O)cc1. The van der Waals surface area contributed by atoms with Crippen LogP contribution in [0.15, 0.2) is 24.3 Å². The number of aliphatic hydroxyl groups is 1. The highest BCUT2D eigenvalue weighted by molar-refractivity contribution is 5.82. The minimum absolute atomic E-state index is 0.110. The number of carbonyl (C=O) groups excluding carboxylic acids is 1. The normalized spacial score (nSPS) is 12.2. The van der Waals surface area contributed by atoms with Crippen molar-refractivity contribution in [2.45, 2.75) is 12.5 Å². The molecule has 0 aliphatic heterocycles. The first-order valence-corrected chi connectivity index (χ1v) is 6.50. The second-order valence-corrected chi connectivity index (χ2v) is 4.52. The number of nitrogens with two attached hydrogens (primary N) is 1. The largest absolute Gasteiger partial charge is 0.508 e. The van der Waals surface area contributed by atoms with Crippen LogP contribution >= 0.6 is 0 Å². The van der Waals surface area contributed by atoms with Crippen molar-refractivity contribution in [3.63, 3.8) is 0 Å². The van der Waals surface area contributed by atoms with E-state index >= 15 is 0 Å². The fourth-order valence-electron chi connectivity index (χ4n) is 1.86. The lowest BCUT2D eigenvalue weighted by Gasteiger charge is -2.24. The Kier molecular flexibility index (Phi) is 7.00. The van der Waals surface area contributed by atoms with Gasteiger partial charge in [-0.25, -0.2) is 0 Å². The summed E-state index contributed by atoms with van der Waals surface area (Å²) in [5, 5.41) is 18.2. The second-order valence-electron chi connectivity index (χ2n) is 4.52. The lowest BCUT2D eigenvalue weighted by atomic mass is 10.1. The van der Waals surface area contributed by atoms with E-state index < -0.39 is 6.04 Å². The summed E-state index contributed by atoms with van der Waals surface area (Å²) in [5.74, 6) is -0.0418. The van der Waals surface area contributed by atoms with Gasteiger partial charge >= 0.3 is 0 Å². The molecule has 0 aromatic heterocycles. The predicted molar refractivity (Wildman–Crippen MR) is 75.3 cm³/mol. The fraction of sp³-hybridized carbons (Fsp3) is 0.500. The summed E-state index contributed by atoms with van der Waals surface area (Å²) < 4.78 is 4.94. The standard InChI is InChI=1S/C14H22N2O4/c1-20-9-7-16(6-8-17)14(19)13(15)10-11-2-4-12(18)5-3-11/h2-5,13,17-18H,6-10,15H2,1H3. The van der Waals surface area contributed by atoms with Crippen LogP contribution in [0.1, 0.15) is 5.56 Å². The van der Waals surface area contributed by atoms with E-state index in [2.05, 4.69) is 0 Å². The molecule has 1 aromatic carbocycles. The number of methoxy groups -OCH3 is 1. The van der Waals surface area contributed by atoms with Crippen LogP contribution in [0.4, 0.5) is 0 Å². The first-order valence-electron chi connectivity index (χ1n) is 6.50. The molecule has 0 radical (unpaired) electrons. The van der Waals surface area contributed by atoms with E-state index in [0.717, 1.165) is 5.56 Å². The summed E-state index contributed by atoms with van der Waals surface area (Å²) in [7, 11) is 1.55. The topological polar surface area (TPSA) is 96.0 Å². The van der Waals surface area contributed by atoms with Crippen molar-refractivity contribution < 1.29 is 19.7 Å². The minimum atomic E-state index is -0.678. The van der Waals surface area contributed by atoms with Gasteiger partial charge in [-0.3, -0.25) is 4.79 Å². The zero-order valence-electron chi connectivity index (χ0n) is 11.7. The third kappa shape index (κ3) is 5.16. The van der Waals surface area contributed by atoms with E-state index in [-0.39, 0.29) is 24.8 Å². The number of nitrogens with zero attached hydrogens (tertiary/aromatic N) is 1. The summed E-state index contributed by atoms with van der Waals surface area (Å²) in [4.78, 5) is 13.7. The molecule has 1 unspecified atom stereocenters. The average molecular weight is 282 g/mol. The maximum absolute atomic E-state index is 12.2. The van der Waals surface area contributed by atoms with Gasteiger partial charge in [0.05, 0.1) is 19.3 Å². The molecular formula is C14H22N2O4. The van der Waals surface area contributed by atoms with Gasteiger partial charge < -0.3 is 25.6 Å². The quantitative estimate of drug-likeness (QED) is 0.610. The zero-order chi connectivity index (χ0) is 15.0. The summed E-state index contributed by atoms with van der Waals surface area (Å²) >= 11 is 0. The van der Waals surface area contributed by atoms with Crippen molar-refractivity contribution in [2.24, 2.45) is 5.73 Å². The molecule has 6 heteroatoms. The monoisotopic (exact) mass is 282 g/mol. The third-order valence-electron chi connectivity index (χ3n) is 2.96. The van der Waals surface area contributed by atoms with E-state index in [1.54, 1.807) is 31.4 Å². The van der Waals surface area contributed by atoms with Crippen LogP contribution in [-0.2, 0) is 16.0 Å². The van der Waals surface area contributed by atoms with Crippen LogP contribution in [0, 0.1) is 0 Å². The number of amides is 1. The highest BCUT2D eigenvalue weighted by atomic mass is 16.5. The Morgan fingerprint density at radius 2 is 2.00 bits per heavy atom. The van der Waals surface area contributed by atoms with Gasteiger partial charge in [0.25, 0.3) is 0 Å². The number of phenols is 1. The molecule has 0 fully saturated rings. The average Bonchev–Trinajstić information content (AvgIpc) is 2.45. The zero-order valence-corrected chi connectivity index (χ0v) is 11.7. The first kappa shape index (κ1) is 16.4. The Balaban J connectivity index is 2.60. The Hall–Kier alpha value is -1.63. The molecule has 0 saturated carbocycles. The number of phenolic OH excluding ortho intramolecular Hbond substituents is 1. The molecule has 4 N–H and O–H groups in total. The Labute approximate surface area is 118 Å². The molecule has 0 aliphatic carbocycles. The number of carbonyl (C=O) groups is 1. The van der Waals surface area contributed by atoms with Crippen molar-refractivity contribution in [1.82, 2.24) is 4.90 Å². The van der Waals surface area contributed by atoms with Crippen LogP contribution in [0.5, 0.6) is 5.75 Å². The van der Waals surface area contributed by atoms with Crippen molar-refractivity contribution in [1.29, 1.82) is 0 Å². The molecule has 20 heavy (non-hydrogen) atoms. The number of hydrogen-bond acceptors (Lipinski definition) is 5. The Bertz CT molecular complexity index is 408. The van der Waals surface area contributed by atoms with Crippen molar-refractivity contribution >= 4 is 5.91 Å². The van der Waals surface area contributed by atoms with Crippen molar-refractivity contribution in [3.8, 4) is 5.75 Å². The number of benzene rings is 1. The lowest BCUT2D eigenvalue weighted by molar-refractivity contribution is -0.133. The molecule has 1 rings (SSSR count). The Morgan fingerprint density at radius 3 is 2.55 bits per heavy atom. The minimum Gasteiger partial charge on any atom is -0.508 e. The van der Waals surface area contributed by atoms with E-state index in [0.29, 0.717) is 19.6 Å². The molecule has 6 nitrogen and oxygen atoms in total. The molecule has 1 amide bonds. The number of ether oxygens (including phenoxy) is 1. The molecule has 112 valence electrons. The molecule has 1 atom stereocenters. The maximum atomic E-state index is 12.2. The number of hydrogen-bond donors (Lipinski definition) is 3. The van der Waals surface area contributed by atoms with E-state index in [4.69, 9.17) is 15.6 Å². The van der Waals surface area contributed by atoms with Crippen LogP contribution in [0.3, 0.4) is 0 Å². The Morgan fingerprint density at radius 1 is 1.35 bits per heavy atom. The summed E-state index contributed by atoms with van der Waals surface area (Å²) in [6.07, 6.45) is 0.383. The van der Waals surface area contributed by atoms with Crippen LogP contribution in [0.2, 0.25) is 0 Å². The van der Waals surface area contributed by atoms with Gasteiger partial charge in [0.2, 0.25) is 5.91 Å². The van der Waals surface area contributed by atoms with E-state index in [1.165, 1.54) is 4.90 Å². The highest BCUT2D eigenvalue weighted by Crippen LogP contribution is 2.11. The highest BCUT2D eigenvalue weighted by Gasteiger charge is 2.20. The van der Waals surface area contributed by atoms with Gasteiger partial charge in [-0.05, 0) is 24.1 Å². The van der Waals surface area contributed by atoms with Crippen molar-refractivity contribution in [3.05, 3.63) is 29.8 Å². The predicted octanol–water partition coefficient (Wildman–Crippen LogP) is -0.271. The fourth-order valence-corrected chi connectivity index (χ4v) is 1.86. The van der Waals surface area contributed by atoms with E-state index in [9.17, 15) is 9.90 Å². The van der Waals surface area contributed by atoms with Crippen LogP contribution in [-0.4, -0.2) is 60.5 Å². The molecule has 1 aromatic rings. The number of aromatic hydroxyl groups is 1. The van der Waals surface area contributed by atoms with Gasteiger partial charge in [-0.1, -0.05) is 12.1 Å². The summed E-state index contributed by atoms with van der Waals surface area (Å²) in [6.45, 7) is 0.934. The summed E-state index contributed by atoms with van der Waals surface area (Å²) in [5.41, 5.74) is 6.79. The van der Waals surface area contributed by atoms with Gasteiger partial charge in [0, 0.05) is 20.2 Å². The van der Waals surface area contributed by atoms with Crippen LogP contribution in [0.25, 0.3) is 0 Å². The second kappa shape index (κ2) is 8.52. The molecular weight excluding hydrogens is 260 g/mol.